The van der Waals surface area contributed by atoms with Gasteiger partial charge in [0.15, 0.2) is 0 Å². The molecular weight excluding hydrogens is 328 g/mol. The summed E-state index contributed by atoms with van der Waals surface area (Å²) in [5, 5.41) is 0. The highest BCUT2D eigenvalue weighted by Gasteiger charge is 2.37. The lowest BCUT2D eigenvalue weighted by Gasteiger charge is -2.39. The molecule has 2 saturated heterocycles. The Balaban J connectivity index is 1.29. The quantitative estimate of drug-likeness (QED) is 0.830. The van der Waals surface area contributed by atoms with Crippen molar-refractivity contribution in [3.8, 4) is 0 Å². The molecule has 6 nitrogen and oxygen atoms in total. The SMILES string of the molecule is O=C([C@@H]1CCC(=O)N(C2CCCC2)C1)N1CCC(Cn2ccnc2)CC1. The summed E-state index contributed by atoms with van der Waals surface area (Å²) >= 11 is 0. The largest absolute Gasteiger partial charge is 0.342 e. The van der Waals surface area contributed by atoms with Gasteiger partial charge in [-0.2, -0.15) is 0 Å². The molecule has 0 N–H and O–H groups in total. The molecule has 1 aromatic heterocycles. The minimum Gasteiger partial charge on any atom is -0.342 e. The molecule has 2 amide bonds. The van der Waals surface area contributed by atoms with Crippen LogP contribution in [0.25, 0.3) is 0 Å². The predicted octanol–water partition coefficient (Wildman–Crippen LogP) is 2.30. The Kier molecular flexibility index (Phi) is 5.27. The van der Waals surface area contributed by atoms with Crippen molar-refractivity contribution in [1.29, 1.82) is 0 Å². The van der Waals surface area contributed by atoms with Gasteiger partial charge in [-0.25, -0.2) is 4.98 Å². The van der Waals surface area contributed by atoms with Gasteiger partial charge in [0.05, 0.1) is 12.2 Å². The van der Waals surface area contributed by atoms with E-state index in [0.717, 1.165) is 51.7 Å². The van der Waals surface area contributed by atoms with Crippen LogP contribution < -0.4 is 0 Å². The maximum Gasteiger partial charge on any atom is 0.227 e. The number of hydrogen-bond acceptors (Lipinski definition) is 3. The number of nitrogens with zero attached hydrogens (tertiary/aromatic N) is 4. The number of piperidine rings is 2. The Morgan fingerprint density at radius 3 is 2.58 bits per heavy atom. The van der Waals surface area contributed by atoms with Gasteiger partial charge in [0.25, 0.3) is 0 Å². The smallest absolute Gasteiger partial charge is 0.227 e. The van der Waals surface area contributed by atoms with E-state index in [1.807, 2.05) is 23.6 Å². The summed E-state index contributed by atoms with van der Waals surface area (Å²) in [5.41, 5.74) is 0. The van der Waals surface area contributed by atoms with Crippen LogP contribution in [0.5, 0.6) is 0 Å². The fraction of sp³-hybridized carbons (Fsp3) is 0.750. The number of likely N-dealkylation sites (tertiary alicyclic amines) is 2. The summed E-state index contributed by atoms with van der Waals surface area (Å²) in [6, 6.07) is 0.388. The van der Waals surface area contributed by atoms with Crippen LogP contribution in [0, 0.1) is 11.8 Å². The maximum absolute atomic E-state index is 13.0. The molecule has 0 radical (unpaired) electrons. The number of imidazole rings is 1. The van der Waals surface area contributed by atoms with Gasteiger partial charge in [-0.15, -0.1) is 0 Å². The monoisotopic (exact) mass is 358 g/mol. The van der Waals surface area contributed by atoms with Gasteiger partial charge in [-0.05, 0) is 38.0 Å². The van der Waals surface area contributed by atoms with E-state index in [4.69, 9.17) is 0 Å². The molecule has 6 heteroatoms. The van der Waals surface area contributed by atoms with Gasteiger partial charge in [0, 0.05) is 51.0 Å². The van der Waals surface area contributed by atoms with Crippen molar-refractivity contribution in [2.24, 2.45) is 11.8 Å². The first-order chi connectivity index (χ1) is 12.7. The van der Waals surface area contributed by atoms with E-state index in [1.165, 1.54) is 12.8 Å². The molecule has 2 aliphatic heterocycles. The molecule has 1 saturated carbocycles. The number of carbonyl (C=O) groups is 2. The molecular formula is C20H30N4O2. The lowest BCUT2D eigenvalue weighted by atomic mass is 9.91. The number of aromatic nitrogens is 2. The molecule has 26 heavy (non-hydrogen) atoms. The average Bonchev–Trinajstić information content (AvgIpc) is 3.36. The first-order valence-corrected chi connectivity index (χ1v) is 10.2. The Morgan fingerprint density at radius 1 is 1.12 bits per heavy atom. The minimum absolute atomic E-state index is 0.0125. The number of amides is 2. The first-order valence-electron chi connectivity index (χ1n) is 10.2. The van der Waals surface area contributed by atoms with Crippen LogP contribution in [0.15, 0.2) is 18.7 Å². The Hall–Kier alpha value is -1.85. The fourth-order valence-electron chi connectivity index (χ4n) is 4.93. The van der Waals surface area contributed by atoms with Crippen LogP contribution in [0.1, 0.15) is 51.4 Å². The maximum atomic E-state index is 13.0. The van der Waals surface area contributed by atoms with Crippen molar-refractivity contribution >= 4 is 11.8 Å². The molecule has 1 aromatic rings. The summed E-state index contributed by atoms with van der Waals surface area (Å²) in [4.78, 5) is 33.5. The second-order valence-electron chi connectivity index (χ2n) is 8.25. The van der Waals surface area contributed by atoms with Crippen molar-refractivity contribution in [3.05, 3.63) is 18.7 Å². The van der Waals surface area contributed by atoms with Gasteiger partial charge in [0.2, 0.25) is 11.8 Å². The normalized spacial score (nSPS) is 25.8. The number of carbonyl (C=O) groups excluding carboxylic acids is 2. The third kappa shape index (κ3) is 3.79. The molecule has 0 aromatic carbocycles. The van der Waals surface area contributed by atoms with E-state index in [1.54, 1.807) is 0 Å². The first kappa shape index (κ1) is 17.6. The van der Waals surface area contributed by atoms with Gasteiger partial charge < -0.3 is 14.4 Å². The number of hydrogen-bond donors (Lipinski definition) is 0. The molecule has 3 aliphatic rings. The highest BCUT2D eigenvalue weighted by Crippen LogP contribution is 2.30. The lowest BCUT2D eigenvalue weighted by molar-refractivity contribution is -0.145. The van der Waals surface area contributed by atoms with E-state index in [-0.39, 0.29) is 17.7 Å². The van der Waals surface area contributed by atoms with Crippen LogP contribution in [-0.4, -0.2) is 56.8 Å². The van der Waals surface area contributed by atoms with Crippen LogP contribution in [0.3, 0.4) is 0 Å². The zero-order chi connectivity index (χ0) is 17.9. The topological polar surface area (TPSA) is 58.4 Å². The zero-order valence-electron chi connectivity index (χ0n) is 15.6. The van der Waals surface area contributed by atoms with E-state index in [0.29, 0.717) is 24.9 Å². The molecule has 1 aliphatic carbocycles. The van der Waals surface area contributed by atoms with Crippen molar-refractivity contribution in [2.45, 2.75) is 64.0 Å². The Morgan fingerprint density at radius 2 is 1.88 bits per heavy atom. The molecule has 3 heterocycles. The predicted molar refractivity (Wildman–Crippen MR) is 98.2 cm³/mol. The van der Waals surface area contributed by atoms with E-state index in [2.05, 4.69) is 14.5 Å². The molecule has 142 valence electrons. The van der Waals surface area contributed by atoms with E-state index < -0.39 is 0 Å². The van der Waals surface area contributed by atoms with Crippen LogP contribution in [0.4, 0.5) is 0 Å². The Labute approximate surface area is 155 Å². The zero-order valence-corrected chi connectivity index (χ0v) is 15.6. The summed E-state index contributed by atoms with van der Waals surface area (Å²) in [6.45, 7) is 3.35. The third-order valence-corrected chi connectivity index (χ3v) is 6.51. The standard InChI is InChI=1S/C20H30N4O2/c25-19-6-5-17(14-24(19)18-3-1-2-4-18)20(26)23-10-7-16(8-11-23)13-22-12-9-21-15-22/h9,12,15-18H,1-8,10-11,13-14H2/t17-/m1/s1. The van der Waals surface area contributed by atoms with Gasteiger partial charge in [-0.3, -0.25) is 9.59 Å². The summed E-state index contributed by atoms with van der Waals surface area (Å²) in [5.74, 6) is 1.18. The third-order valence-electron chi connectivity index (χ3n) is 6.51. The summed E-state index contributed by atoms with van der Waals surface area (Å²) < 4.78 is 2.13. The van der Waals surface area contributed by atoms with Gasteiger partial charge in [-0.1, -0.05) is 12.8 Å². The second kappa shape index (κ2) is 7.80. The van der Waals surface area contributed by atoms with Crippen molar-refractivity contribution < 1.29 is 9.59 Å². The second-order valence-corrected chi connectivity index (χ2v) is 8.25. The van der Waals surface area contributed by atoms with E-state index >= 15 is 0 Å². The summed E-state index contributed by atoms with van der Waals surface area (Å²) in [6.07, 6.45) is 13.8. The van der Waals surface area contributed by atoms with Crippen LogP contribution in [0.2, 0.25) is 0 Å². The van der Waals surface area contributed by atoms with Crippen LogP contribution in [-0.2, 0) is 16.1 Å². The molecule has 0 bridgehead atoms. The molecule has 0 unspecified atom stereocenters. The summed E-state index contributed by atoms with van der Waals surface area (Å²) in [7, 11) is 0. The van der Waals surface area contributed by atoms with E-state index in [9.17, 15) is 9.59 Å². The van der Waals surface area contributed by atoms with Crippen molar-refractivity contribution in [3.63, 3.8) is 0 Å². The average molecular weight is 358 g/mol. The number of rotatable bonds is 4. The minimum atomic E-state index is 0.0125. The van der Waals surface area contributed by atoms with Crippen molar-refractivity contribution in [1.82, 2.24) is 19.4 Å². The Bertz CT molecular complexity index is 616. The molecule has 1 atom stereocenters. The van der Waals surface area contributed by atoms with Crippen molar-refractivity contribution in [2.75, 3.05) is 19.6 Å². The molecule has 3 fully saturated rings. The molecule has 4 rings (SSSR count). The highest BCUT2D eigenvalue weighted by molar-refractivity contribution is 5.84. The van der Waals surface area contributed by atoms with Gasteiger partial charge in [0.1, 0.15) is 0 Å². The molecule has 0 spiro atoms. The lowest BCUT2D eigenvalue weighted by Crippen LogP contribution is -2.51. The van der Waals surface area contributed by atoms with Gasteiger partial charge >= 0.3 is 0 Å². The highest BCUT2D eigenvalue weighted by atomic mass is 16.2. The fourth-order valence-corrected chi connectivity index (χ4v) is 4.93. The van der Waals surface area contributed by atoms with Crippen LogP contribution >= 0.6 is 0 Å².